The summed E-state index contributed by atoms with van der Waals surface area (Å²) >= 11 is 0. The van der Waals surface area contributed by atoms with Crippen molar-refractivity contribution in [2.24, 2.45) is 5.41 Å². The van der Waals surface area contributed by atoms with E-state index < -0.39 is 5.41 Å². The van der Waals surface area contributed by atoms with Crippen LogP contribution in [0, 0.1) is 12.3 Å². The number of nitrogens with zero attached hydrogens (tertiary/aromatic N) is 3. The molecule has 1 saturated heterocycles. The molecule has 7 nitrogen and oxygen atoms in total. The van der Waals surface area contributed by atoms with Crippen molar-refractivity contribution in [1.29, 1.82) is 0 Å². The number of amides is 1. The molecule has 25 heavy (non-hydrogen) atoms. The van der Waals surface area contributed by atoms with Gasteiger partial charge in [-0.05, 0) is 43.7 Å². The molecule has 0 aliphatic carbocycles. The summed E-state index contributed by atoms with van der Waals surface area (Å²) < 4.78 is 0. The van der Waals surface area contributed by atoms with Crippen LogP contribution >= 0.6 is 0 Å². The van der Waals surface area contributed by atoms with Gasteiger partial charge in [-0.15, -0.1) is 0 Å². The van der Waals surface area contributed by atoms with Crippen LogP contribution in [0.1, 0.15) is 12.5 Å². The molecule has 1 aliphatic rings. The van der Waals surface area contributed by atoms with E-state index in [1.54, 1.807) is 11.9 Å². The monoisotopic (exact) mass is 339 g/mol. The minimum Gasteiger partial charge on any atom is -0.395 e. The zero-order chi connectivity index (χ0) is 17.9. The number of aryl methyl sites for hydroxylation is 1. The van der Waals surface area contributed by atoms with Crippen molar-refractivity contribution in [2.75, 3.05) is 18.2 Å². The minimum absolute atomic E-state index is 0.131. The van der Waals surface area contributed by atoms with Crippen LogP contribution in [0.25, 0.3) is 11.0 Å². The van der Waals surface area contributed by atoms with Crippen molar-refractivity contribution >= 4 is 22.6 Å². The summed E-state index contributed by atoms with van der Waals surface area (Å²) in [4.78, 5) is 11.6. The lowest BCUT2D eigenvalue weighted by molar-refractivity contribution is -0.128. The number of para-hydroxylation sites is 1. The molecule has 1 amide bonds. The molecular weight excluding hydrogens is 318 g/mol. The molecular formula is C18H21N5O2. The molecule has 3 aromatic rings. The normalized spacial score (nSPS) is 19.5. The number of anilines is 1. The first-order valence-electron chi connectivity index (χ1n) is 8.03. The Hall–Kier alpha value is -2.93. The molecule has 1 unspecified atom stereocenters. The number of aromatic nitrogens is 3. The summed E-state index contributed by atoms with van der Waals surface area (Å²) in [6.07, 6.45) is 0. The van der Waals surface area contributed by atoms with E-state index in [2.05, 4.69) is 20.8 Å². The van der Waals surface area contributed by atoms with Gasteiger partial charge in [-0.3, -0.25) is 15.2 Å². The van der Waals surface area contributed by atoms with Crippen LogP contribution in [0.15, 0.2) is 48.5 Å². The van der Waals surface area contributed by atoms with Crippen LogP contribution in [-0.4, -0.2) is 39.6 Å². The fraction of sp³-hybridized carbons (Fsp3) is 0.278. The van der Waals surface area contributed by atoms with Gasteiger partial charge < -0.3 is 5.11 Å². The van der Waals surface area contributed by atoms with Gasteiger partial charge in [-0.25, -0.2) is 0 Å². The Morgan fingerprint density at radius 3 is 2.56 bits per heavy atom. The van der Waals surface area contributed by atoms with Gasteiger partial charge in [0.2, 0.25) is 5.91 Å². The number of carbonyl (C=O) groups excluding carboxylic acids is 1. The third-order valence-corrected chi connectivity index (χ3v) is 4.18. The second-order valence-corrected chi connectivity index (χ2v) is 6.40. The van der Waals surface area contributed by atoms with Crippen LogP contribution in [0.4, 0.5) is 5.69 Å². The molecule has 0 bridgehead atoms. The van der Waals surface area contributed by atoms with E-state index in [9.17, 15) is 9.90 Å². The molecule has 0 saturated carbocycles. The topological polar surface area (TPSA) is 94.1 Å². The standard InChI is InChI=1S/C11H14N2O2.C7H7N3/c1-11(8-14)7-13(12-10(11)15)9-5-3-2-4-6-9;1-5-2-3-6-7(4-5)9-10-8-6/h2-6,14H,7-8H2,1H3,(H,12,15);2-4H,1H3,(H,8,9,10). The zero-order valence-corrected chi connectivity index (χ0v) is 14.2. The molecule has 130 valence electrons. The summed E-state index contributed by atoms with van der Waals surface area (Å²) in [6.45, 7) is 4.15. The lowest BCUT2D eigenvalue weighted by Crippen LogP contribution is -2.34. The van der Waals surface area contributed by atoms with E-state index in [1.165, 1.54) is 5.56 Å². The highest BCUT2D eigenvalue weighted by Crippen LogP contribution is 2.26. The first-order valence-corrected chi connectivity index (χ1v) is 8.03. The molecule has 2 aromatic carbocycles. The SMILES string of the molecule is CC1(CO)CN(c2ccccc2)NC1=O.Cc1ccc2n[nH]nc2c1. The second-order valence-electron chi connectivity index (χ2n) is 6.40. The van der Waals surface area contributed by atoms with E-state index in [1.807, 2.05) is 55.5 Å². The quantitative estimate of drug-likeness (QED) is 0.662. The van der Waals surface area contributed by atoms with Crippen molar-refractivity contribution in [2.45, 2.75) is 13.8 Å². The summed E-state index contributed by atoms with van der Waals surface area (Å²) in [5, 5.41) is 21.4. The number of fused-ring (bicyclic) bond motifs is 1. The maximum absolute atomic E-state index is 11.6. The van der Waals surface area contributed by atoms with Crippen LogP contribution < -0.4 is 10.4 Å². The molecule has 2 heterocycles. The third-order valence-electron chi connectivity index (χ3n) is 4.18. The van der Waals surface area contributed by atoms with E-state index in [4.69, 9.17) is 0 Å². The number of nitrogens with one attached hydrogen (secondary N) is 2. The van der Waals surface area contributed by atoms with Crippen molar-refractivity contribution < 1.29 is 9.90 Å². The van der Waals surface area contributed by atoms with Crippen LogP contribution in [0.3, 0.4) is 0 Å². The highest BCUT2D eigenvalue weighted by Gasteiger charge is 2.41. The highest BCUT2D eigenvalue weighted by atomic mass is 16.3. The Balaban J connectivity index is 0.000000157. The van der Waals surface area contributed by atoms with Crippen molar-refractivity contribution in [3.05, 3.63) is 54.1 Å². The molecule has 1 aliphatic heterocycles. The summed E-state index contributed by atoms with van der Waals surface area (Å²) in [5.74, 6) is -0.131. The van der Waals surface area contributed by atoms with Gasteiger partial charge in [-0.1, -0.05) is 24.3 Å². The van der Waals surface area contributed by atoms with E-state index in [0.29, 0.717) is 6.54 Å². The summed E-state index contributed by atoms with van der Waals surface area (Å²) in [7, 11) is 0. The van der Waals surface area contributed by atoms with E-state index >= 15 is 0 Å². The summed E-state index contributed by atoms with van der Waals surface area (Å²) in [6, 6.07) is 15.6. The highest BCUT2D eigenvalue weighted by molar-refractivity contribution is 5.87. The van der Waals surface area contributed by atoms with Gasteiger partial charge >= 0.3 is 0 Å². The number of aliphatic hydroxyl groups is 1. The first-order chi connectivity index (χ1) is 12.0. The predicted octanol–water partition coefficient (Wildman–Crippen LogP) is 1.80. The van der Waals surface area contributed by atoms with Crippen molar-refractivity contribution in [3.63, 3.8) is 0 Å². The molecule has 0 spiro atoms. The summed E-state index contributed by atoms with van der Waals surface area (Å²) in [5.41, 5.74) is 6.04. The lowest BCUT2D eigenvalue weighted by Gasteiger charge is -2.19. The van der Waals surface area contributed by atoms with Crippen molar-refractivity contribution in [1.82, 2.24) is 20.8 Å². The van der Waals surface area contributed by atoms with Gasteiger partial charge in [-0.2, -0.15) is 15.4 Å². The first kappa shape index (κ1) is 16.9. The molecule has 1 aromatic heterocycles. The number of hydrogen-bond acceptors (Lipinski definition) is 5. The third kappa shape index (κ3) is 3.61. The van der Waals surface area contributed by atoms with Gasteiger partial charge in [0.05, 0.1) is 24.3 Å². The molecule has 3 N–H and O–H groups in total. The Kier molecular flexibility index (Phi) is 4.67. The van der Waals surface area contributed by atoms with Gasteiger partial charge in [0, 0.05) is 0 Å². The predicted molar refractivity (Wildman–Crippen MR) is 95.7 cm³/mol. The van der Waals surface area contributed by atoms with Gasteiger partial charge in [0.25, 0.3) is 0 Å². The Labute approximate surface area is 145 Å². The van der Waals surface area contributed by atoms with Crippen LogP contribution in [0.2, 0.25) is 0 Å². The molecule has 1 fully saturated rings. The maximum atomic E-state index is 11.6. The largest absolute Gasteiger partial charge is 0.395 e. The molecule has 1 atom stereocenters. The minimum atomic E-state index is -0.699. The zero-order valence-electron chi connectivity index (χ0n) is 14.2. The average Bonchev–Trinajstić information content (AvgIpc) is 3.21. The Bertz CT molecular complexity index is 864. The van der Waals surface area contributed by atoms with Crippen LogP contribution in [0.5, 0.6) is 0 Å². The van der Waals surface area contributed by atoms with E-state index in [0.717, 1.165) is 16.7 Å². The fourth-order valence-electron chi connectivity index (χ4n) is 2.55. The molecule has 4 rings (SSSR count). The Morgan fingerprint density at radius 2 is 1.88 bits per heavy atom. The number of carbonyl (C=O) groups is 1. The number of benzene rings is 2. The number of aromatic amines is 1. The number of hydrogen-bond donors (Lipinski definition) is 3. The maximum Gasteiger partial charge on any atom is 0.248 e. The number of hydrazine groups is 1. The number of H-pyrrole nitrogens is 1. The van der Waals surface area contributed by atoms with Gasteiger partial charge in [0.15, 0.2) is 0 Å². The lowest BCUT2D eigenvalue weighted by atomic mass is 9.92. The number of rotatable bonds is 2. The Morgan fingerprint density at radius 1 is 1.16 bits per heavy atom. The molecule has 0 radical (unpaired) electrons. The van der Waals surface area contributed by atoms with Crippen molar-refractivity contribution in [3.8, 4) is 0 Å². The average molecular weight is 339 g/mol. The second kappa shape index (κ2) is 6.90. The smallest absolute Gasteiger partial charge is 0.248 e. The van der Waals surface area contributed by atoms with Crippen LogP contribution in [-0.2, 0) is 4.79 Å². The van der Waals surface area contributed by atoms with Gasteiger partial charge in [0.1, 0.15) is 11.0 Å². The molecule has 7 heteroatoms. The fourth-order valence-corrected chi connectivity index (χ4v) is 2.55. The number of aliphatic hydroxyl groups excluding tert-OH is 1. The van der Waals surface area contributed by atoms with E-state index in [-0.39, 0.29) is 12.5 Å².